The Morgan fingerprint density at radius 3 is 1.62 bits per heavy atom. The van der Waals surface area contributed by atoms with Crippen molar-refractivity contribution in [3.05, 3.63) is 125 Å². The van der Waals surface area contributed by atoms with Crippen molar-refractivity contribution in [2.24, 2.45) is 5.73 Å². The van der Waals surface area contributed by atoms with E-state index in [0.29, 0.717) is 5.92 Å². The fourth-order valence-electron chi connectivity index (χ4n) is 3.54. The van der Waals surface area contributed by atoms with Crippen molar-refractivity contribution >= 4 is 11.5 Å². The Morgan fingerprint density at radius 2 is 1.24 bits per heavy atom. The molecule has 0 bridgehead atoms. The van der Waals surface area contributed by atoms with Gasteiger partial charge in [-0.1, -0.05) is 117 Å². The highest BCUT2D eigenvalue weighted by Gasteiger charge is 2.15. The third-order valence-corrected chi connectivity index (χ3v) is 5.84. The van der Waals surface area contributed by atoms with Crippen LogP contribution in [0.5, 0.6) is 0 Å². The Labute approximate surface area is 211 Å². The van der Waals surface area contributed by atoms with E-state index < -0.39 is 0 Å². The van der Waals surface area contributed by atoms with Crippen LogP contribution in [0.1, 0.15) is 68.8 Å². The van der Waals surface area contributed by atoms with Crippen LogP contribution in [0.3, 0.4) is 0 Å². The molecule has 1 atom stereocenters. The molecule has 0 aliphatic heterocycles. The van der Waals surface area contributed by atoms with Gasteiger partial charge in [-0.15, -0.1) is 0 Å². The predicted octanol–water partition coefficient (Wildman–Crippen LogP) is 7.75. The first kappa shape index (κ1) is 31.2. The molecule has 0 amide bonds. The van der Waals surface area contributed by atoms with Crippen molar-refractivity contribution in [2.75, 3.05) is 0 Å². The summed E-state index contributed by atoms with van der Waals surface area (Å²) >= 11 is 1.47. The van der Waals surface area contributed by atoms with Gasteiger partial charge in [0.05, 0.1) is 0 Å². The number of rotatable bonds is 7. The molecule has 7 N–H and O–H groups in total. The quantitative estimate of drug-likeness (QED) is 0.282. The Kier molecular flexibility index (Phi) is 17.0. The smallest absolute Gasteiger partial charge is 0.0454 e. The number of nitrogens with two attached hydrogens (primary N) is 1. The topological polar surface area (TPSA) is 105 Å². The fraction of sp³-hybridized carbons (Fsp3) is 0.276. The van der Waals surface area contributed by atoms with Crippen LogP contribution < -0.4 is 11.9 Å². The molecule has 0 saturated carbocycles. The molecule has 5 heteroatoms. The molecule has 4 aromatic rings. The van der Waals surface area contributed by atoms with Crippen LogP contribution in [0.15, 0.2) is 103 Å². The Balaban J connectivity index is 0. The molecule has 0 aliphatic carbocycles. The SMILES string of the molecule is CC.Cc1ccccc1.N.NC(CCCC(c1ccccc1)c1ccccc1)c1cnsc1.O.[HH]. The molecule has 0 saturated heterocycles. The molecule has 4 nitrogen and oxygen atoms in total. The second kappa shape index (κ2) is 18.6. The molecule has 1 aromatic heterocycles. The predicted molar refractivity (Wildman–Crippen MR) is 151 cm³/mol. The summed E-state index contributed by atoms with van der Waals surface area (Å²) in [6.45, 7) is 6.08. The molecule has 0 spiro atoms. The largest absolute Gasteiger partial charge is 0.412 e. The molecule has 0 aliphatic rings. The summed E-state index contributed by atoms with van der Waals surface area (Å²) in [4.78, 5) is 0. The van der Waals surface area contributed by atoms with Crippen molar-refractivity contribution in [2.45, 2.75) is 52.0 Å². The summed E-state index contributed by atoms with van der Waals surface area (Å²) in [5, 5.41) is 2.05. The van der Waals surface area contributed by atoms with Gasteiger partial charge in [0.25, 0.3) is 0 Å². The summed E-state index contributed by atoms with van der Waals surface area (Å²) in [7, 11) is 0. The fourth-order valence-corrected chi connectivity index (χ4v) is 4.14. The number of benzene rings is 3. The Hall–Kier alpha value is -2.83. The molecule has 1 heterocycles. The van der Waals surface area contributed by atoms with Gasteiger partial charge in [-0.05, 0) is 48.0 Å². The van der Waals surface area contributed by atoms with E-state index in [2.05, 4.69) is 89.5 Å². The minimum Gasteiger partial charge on any atom is -0.412 e. The van der Waals surface area contributed by atoms with Crippen molar-refractivity contribution in [3.63, 3.8) is 0 Å². The lowest BCUT2D eigenvalue weighted by Crippen LogP contribution is -2.10. The van der Waals surface area contributed by atoms with E-state index in [1.807, 2.05) is 38.2 Å². The van der Waals surface area contributed by atoms with Crippen molar-refractivity contribution in [1.29, 1.82) is 0 Å². The number of nitrogens with zero attached hydrogens (tertiary/aromatic N) is 1. The van der Waals surface area contributed by atoms with Crippen LogP contribution in [-0.4, -0.2) is 9.85 Å². The van der Waals surface area contributed by atoms with E-state index in [9.17, 15) is 0 Å². The van der Waals surface area contributed by atoms with Gasteiger partial charge in [0.1, 0.15) is 0 Å². The van der Waals surface area contributed by atoms with Crippen LogP contribution >= 0.6 is 11.5 Å². The van der Waals surface area contributed by atoms with Gasteiger partial charge in [-0.25, -0.2) is 4.37 Å². The first-order valence-corrected chi connectivity index (χ1v) is 12.3. The summed E-state index contributed by atoms with van der Waals surface area (Å²) in [6.07, 6.45) is 5.10. The molecule has 0 fully saturated rings. The minimum atomic E-state index is 0. The Bertz CT molecular complexity index is 916. The first-order valence-electron chi connectivity index (χ1n) is 11.5. The van der Waals surface area contributed by atoms with Crippen LogP contribution in [0.25, 0.3) is 0 Å². The van der Waals surface area contributed by atoms with Crippen LogP contribution in [0.2, 0.25) is 0 Å². The van der Waals surface area contributed by atoms with Crippen LogP contribution in [0, 0.1) is 6.92 Å². The Morgan fingerprint density at radius 1 is 0.765 bits per heavy atom. The zero-order valence-electron chi connectivity index (χ0n) is 20.7. The normalized spacial score (nSPS) is 10.4. The average Bonchev–Trinajstić information content (AvgIpc) is 3.40. The van der Waals surface area contributed by atoms with E-state index >= 15 is 0 Å². The number of hydrogen-bond donors (Lipinski definition) is 2. The molecule has 4 rings (SSSR count). The standard InChI is InChI=1S/C20H22N2S.C7H8.C2H6.H3N.H2O.H2/c21-20(18-14-22-23-15-18)13-7-12-19(16-8-3-1-4-9-16)17-10-5-2-6-11-17;1-7-5-3-2-4-6-7;1-2;;;/h1-6,8-11,14-15,19-20H,7,12-13,21H2;2-6H,1H3;1-2H3;1H3;1H2;1H. The van der Waals surface area contributed by atoms with Crippen molar-refractivity contribution < 1.29 is 6.90 Å². The monoisotopic (exact) mass is 481 g/mol. The van der Waals surface area contributed by atoms with Crippen LogP contribution in [-0.2, 0) is 0 Å². The highest BCUT2D eigenvalue weighted by atomic mass is 32.1. The molecule has 0 radical (unpaired) electrons. The third kappa shape index (κ3) is 10.9. The minimum absolute atomic E-state index is 0. The van der Waals surface area contributed by atoms with Gasteiger partial charge in [0.2, 0.25) is 0 Å². The van der Waals surface area contributed by atoms with Gasteiger partial charge in [-0.2, -0.15) is 0 Å². The third-order valence-electron chi connectivity index (χ3n) is 5.23. The molecular weight excluding hydrogens is 438 g/mol. The molecular formula is C29H43N3OS. The van der Waals surface area contributed by atoms with E-state index in [0.717, 1.165) is 24.8 Å². The lowest BCUT2D eigenvalue weighted by atomic mass is 9.86. The summed E-state index contributed by atoms with van der Waals surface area (Å²) in [6, 6.07) is 31.9. The maximum Gasteiger partial charge on any atom is 0.0454 e. The molecule has 3 aromatic carbocycles. The average molecular weight is 482 g/mol. The van der Waals surface area contributed by atoms with E-state index in [4.69, 9.17) is 5.73 Å². The zero-order valence-corrected chi connectivity index (χ0v) is 21.5. The van der Waals surface area contributed by atoms with Crippen molar-refractivity contribution in [3.8, 4) is 0 Å². The van der Waals surface area contributed by atoms with E-state index in [1.54, 1.807) is 0 Å². The van der Waals surface area contributed by atoms with E-state index in [1.165, 1.54) is 28.2 Å². The van der Waals surface area contributed by atoms with Gasteiger partial charge in [0.15, 0.2) is 0 Å². The highest BCUT2D eigenvalue weighted by molar-refractivity contribution is 7.03. The summed E-state index contributed by atoms with van der Waals surface area (Å²) < 4.78 is 4.14. The summed E-state index contributed by atoms with van der Waals surface area (Å²) in [5.41, 5.74) is 11.5. The summed E-state index contributed by atoms with van der Waals surface area (Å²) in [5.74, 6) is 0.435. The van der Waals surface area contributed by atoms with Crippen LogP contribution in [0.4, 0.5) is 0 Å². The maximum atomic E-state index is 6.27. The lowest BCUT2D eigenvalue weighted by molar-refractivity contribution is 0.562. The number of aromatic nitrogens is 1. The van der Waals surface area contributed by atoms with Gasteiger partial charge < -0.3 is 17.4 Å². The first-order chi connectivity index (χ1) is 15.7. The molecule has 34 heavy (non-hydrogen) atoms. The number of aryl methyl sites for hydroxylation is 1. The van der Waals surface area contributed by atoms with Crippen molar-refractivity contribution in [1.82, 2.24) is 10.5 Å². The van der Waals surface area contributed by atoms with Gasteiger partial charge >= 0.3 is 0 Å². The second-order valence-corrected chi connectivity index (χ2v) is 8.18. The van der Waals surface area contributed by atoms with Gasteiger partial charge in [0, 0.05) is 25.0 Å². The zero-order chi connectivity index (χ0) is 23.0. The second-order valence-electron chi connectivity index (χ2n) is 7.52. The maximum absolute atomic E-state index is 6.27. The number of hydrogen-bond acceptors (Lipinski definition) is 4. The highest BCUT2D eigenvalue weighted by Crippen LogP contribution is 2.30. The molecule has 186 valence electrons. The van der Waals surface area contributed by atoms with Gasteiger partial charge in [-0.3, -0.25) is 0 Å². The van der Waals surface area contributed by atoms with E-state index in [-0.39, 0.29) is 19.1 Å². The molecule has 1 unspecified atom stereocenters. The lowest BCUT2D eigenvalue weighted by Gasteiger charge is -2.19.